The van der Waals surface area contributed by atoms with Gasteiger partial charge in [0.05, 0.1) is 16.2 Å². The molecule has 0 radical (unpaired) electrons. The molecule has 0 N–H and O–H groups in total. The summed E-state index contributed by atoms with van der Waals surface area (Å²) in [6.45, 7) is 2.07. The number of hydrogen-bond donors (Lipinski definition) is 0. The predicted molar refractivity (Wildman–Crippen MR) is 89.6 cm³/mol. The zero-order chi connectivity index (χ0) is 14.3. The molecule has 1 nitrogen and oxygen atoms in total. The summed E-state index contributed by atoms with van der Waals surface area (Å²) in [4.78, 5) is 4.72. The Hall–Kier alpha value is -1.09. The van der Waals surface area contributed by atoms with Gasteiger partial charge in [-0.3, -0.25) is 0 Å². The number of benzene rings is 2. The lowest BCUT2D eigenvalue weighted by Crippen LogP contribution is -1.92. The molecule has 1 aromatic heterocycles. The van der Waals surface area contributed by atoms with Crippen LogP contribution in [-0.4, -0.2) is 4.98 Å². The smallest absolute Gasteiger partial charge is 0.0869 e. The second kappa shape index (κ2) is 5.36. The van der Waals surface area contributed by atoms with Crippen molar-refractivity contribution < 1.29 is 0 Å². The number of rotatable bonds is 1. The van der Waals surface area contributed by atoms with Crippen molar-refractivity contribution in [2.75, 3.05) is 0 Å². The van der Waals surface area contributed by atoms with E-state index in [4.69, 9.17) is 28.2 Å². The summed E-state index contributed by atoms with van der Waals surface area (Å²) in [7, 11) is 0. The van der Waals surface area contributed by atoms with Crippen LogP contribution < -0.4 is 0 Å². The highest BCUT2D eigenvalue weighted by Crippen LogP contribution is 2.37. The van der Waals surface area contributed by atoms with Crippen molar-refractivity contribution in [1.82, 2.24) is 4.98 Å². The maximum atomic E-state index is 6.29. The van der Waals surface area contributed by atoms with Crippen LogP contribution in [0.2, 0.25) is 10.0 Å². The molecule has 0 spiro atoms. The summed E-state index contributed by atoms with van der Waals surface area (Å²) in [5.74, 6) is 0. The number of halogens is 3. The quantitative estimate of drug-likeness (QED) is 0.493. The van der Waals surface area contributed by atoms with Crippen molar-refractivity contribution in [3.05, 3.63) is 62.5 Å². The van der Waals surface area contributed by atoms with E-state index >= 15 is 0 Å². The summed E-state index contributed by atoms with van der Waals surface area (Å²) in [5.41, 5.74) is 3.73. The molecular weight excluding hydrogens is 357 g/mol. The summed E-state index contributed by atoms with van der Waals surface area (Å²) in [6, 6.07) is 13.4. The Morgan fingerprint density at radius 3 is 2.60 bits per heavy atom. The van der Waals surface area contributed by atoms with Crippen LogP contribution in [0.3, 0.4) is 0 Å². The summed E-state index contributed by atoms with van der Waals surface area (Å²) >= 11 is 16.0. The fourth-order valence-electron chi connectivity index (χ4n) is 2.21. The number of aryl methyl sites for hydroxylation is 1. The minimum atomic E-state index is 0.636. The molecular formula is C16H10BrCl2N. The number of nitrogens with zero attached hydrogens (tertiary/aromatic N) is 1. The van der Waals surface area contributed by atoms with Crippen molar-refractivity contribution in [2.24, 2.45) is 0 Å². The molecule has 3 rings (SSSR count). The third-order valence-electron chi connectivity index (χ3n) is 3.26. The minimum Gasteiger partial charge on any atom is -0.247 e. The van der Waals surface area contributed by atoms with Gasteiger partial charge in [0.15, 0.2) is 0 Å². The van der Waals surface area contributed by atoms with E-state index in [0.717, 1.165) is 32.2 Å². The van der Waals surface area contributed by atoms with Gasteiger partial charge in [0.1, 0.15) is 0 Å². The Kier molecular flexibility index (Phi) is 3.72. The molecule has 0 aliphatic heterocycles. The fourth-order valence-corrected chi connectivity index (χ4v) is 3.11. The SMILES string of the molecule is Cc1c(Br)c(-c2cc(Cl)ccc2Cl)nc2ccccc12. The van der Waals surface area contributed by atoms with Crippen LogP contribution in [0.4, 0.5) is 0 Å². The van der Waals surface area contributed by atoms with Gasteiger partial charge in [-0.2, -0.15) is 0 Å². The predicted octanol–water partition coefficient (Wildman–Crippen LogP) is 6.28. The van der Waals surface area contributed by atoms with E-state index in [2.05, 4.69) is 28.9 Å². The molecule has 0 bridgehead atoms. The Bertz CT molecular complexity index is 815. The van der Waals surface area contributed by atoms with E-state index in [0.29, 0.717) is 10.0 Å². The lowest BCUT2D eigenvalue weighted by atomic mass is 10.1. The molecule has 0 fully saturated rings. The van der Waals surface area contributed by atoms with Gasteiger partial charge in [0.2, 0.25) is 0 Å². The van der Waals surface area contributed by atoms with Crippen molar-refractivity contribution in [2.45, 2.75) is 6.92 Å². The summed E-state index contributed by atoms with van der Waals surface area (Å²) < 4.78 is 0.945. The molecule has 0 amide bonds. The van der Waals surface area contributed by atoms with Crippen LogP contribution in [0.15, 0.2) is 46.9 Å². The molecule has 20 heavy (non-hydrogen) atoms. The molecule has 0 atom stereocenters. The fraction of sp³-hybridized carbons (Fsp3) is 0.0625. The van der Waals surface area contributed by atoms with Gasteiger partial charge in [0.25, 0.3) is 0 Å². The van der Waals surface area contributed by atoms with Gasteiger partial charge in [0, 0.05) is 20.4 Å². The first-order chi connectivity index (χ1) is 9.58. The van der Waals surface area contributed by atoms with Gasteiger partial charge in [-0.1, -0.05) is 41.4 Å². The Morgan fingerprint density at radius 1 is 1.05 bits per heavy atom. The van der Waals surface area contributed by atoms with Crippen molar-refractivity contribution in [3.63, 3.8) is 0 Å². The minimum absolute atomic E-state index is 0.636. The second-order valence-electron chi connectivity index (χ2n) is 4.54. The van der Waals surface area contributed by atoms with Crippen LogP contribution >= 0.6 is 39.1 Å². The first-order valence-electron chi connectivity index (χ1n) is 6.08. The summed E-state index contributed by atoms with van der Waals surface area (Å²) in [6.07, 6.45) is 0. The molecule has 0 unspecified atom stereocenters. The highest BCUT2D eigenvalue weighted by Gasteiger charge is 2.14. The average molecular weight is 367 g/mol. The zero-order valence-electron chi connectivity index (χ0n) is 10.6. The average Bonchev–Trinajstić information content (AvgIpc) is 2.46. The molecule has 0 saturated carbocycles. The number of pyridine rings is 1. The lowest BCUT2D eigenvalue weighted by molar-refractivity contribution is 1.33. The van der Waals surface area contributed by atoms with E-state index in [-0.39, 0.29) is 0 Å². The van der Waals surface area contributed by atoms with Crippen LogP contribution in [0.1, 0.15) is 5.56 Å². The molecule has 3 aromatic rings. The number of para-hydroxylation sites is 1. The van der Waals surface area contributed by atoms with Crippen molar-refractivity contribution >= 4 is 50.0 Å². The van der Waals surface area contributed by atoms with Crippen molar-refractivity contribution in [3.8, 4) is 11.3 Å². The third-order valence-corrected chi connectivity index (χ3v) is 4.80. The summed E-state index contributed by atoms with van der Waals surface area (Å²) in [5, 5.41) is 2.41. The van der Waals surface area contributed by atoms with Gasteiger partial charge >= 0.3 is 0 Å². The van der Waals surface area contributed by atoms with Gasteiger partial charge < -0.3 is 0 Å². The Morgan fingerprint density at radius 2 is 1.80 bits per heavy atom. The van der Waals surface area contributed by atoms with Crippen LogP contribution in [0, 0.1) is 6.92 Å². The molecule has 2 aromatic carbocycles. The van der Waals surface area contributed by atoms with Crippen LogP contribution in [-0.2, 0) is 0 Å². The topological polar surface area (TPSA) is 12.9 Å². The van der Waals surface area contributed by atoms with E-state index in [1.165, 1.54) is 0 Å². The first-order valence-corrected chi connectivity index (χ1v) is 7.63. The Labute approximate surface area is 135 Å². The monoisotopic (exact) mass is 365 g/mol. The van der Waals surface area contributed by atoms with Gasteiger partial charge in [-0.15, -0.1) is 0 Å². The molecule has 1 heterocycles. The molecule has 4 heteroatoms. The zero-order valence-corrected chi connectivity index (χ0v) is 13.7. The number of fused-ring (bicyclic) bond motifs is 1. The maximum absolute atomic E-state index is 6.29. The molecule has 0 aliphatic rings. The van der Waals surface area contributed by atoms with Gasteiger partial charge in [-0.25, -0.2) is 4.98 Å². The Balaban J connectivity index is 2.37. The molecule has 100 valence electrons. The van der Waals surface area contributed by atoms with Gasteiger partial charge in [-0.05, 0) is 52.7 Å². The lowest BCUT2D eigenvalue weighted by Gasteiger charge is -2.12. The van der Waals surface area contributed by atoms with Crippen LogP contribution in [0.25, 0.3) is 22.2 Å². The highest BCUT2D eigenvalue weighted by atomic mass is 79.9. The normalized spacial score (nSPS) is 11.0. The largest absolute Gasteiger partial charge is 0.247 e. The molecule has 0 saturated heterocycles. The number of aromatic nitrogens is 1. The number of hydrogen-bond acceptors (Lipinski definition) is 1. The third kappa shape index (κ3) is 2.32. The van der Waals surface area contributed by atoms with E-state index < -0.39 is 0 Å². The van der Waals surface area contributed by atoms with Crippen LogP contribution in [0.5, 0.6) is 0 Å². The van der Waals surface area contributed by atoms with E-state index in [1.807, 2.05) is 24.3 Å². The van der Waals surface area contributed by atoms with E-state index in [1.54, 1.807) is 12.1 Å². The first kappa shape index (κ1) is 13.9. The highest BCUT2D eigenvalue weighted by molar-refractivity contribution is 9.10. The van der Waals surface area contributed by atoms with Crippen molar-refractivity contribution in [1.29, 1.82) is 0 Å². The standard InChI is InChI=1S/C16H10BrCl2N/c1-9-11-4-2-3-5-14(11)20-16(15(9)17)12-8-10(18)6-7-13(12)19/h2-8H,1H3. The second-order valence-corrected chi connectivity index (χ2v) is 6.18. The molecule has 0 aliphatic carbocycles. The van der Waals surface area contributed by atoms with E-state index in [9.17, 15) is 0 Å². The maximum Gasteiger partial charge on any atom is 0.0869 e.